The van der Waals surface area contributed by atoms with E-state index in [0.29, 0.717) is 12.4 Å². The second kappa shape index (κ2) is 5.42. The molecule has 1 aromatic carbocycles. The van der Waals surface area contributed by atoms with Gasteiger partial charge in [0.25, 0.3) is 0 Å². The quantitative estimate of drug-likeness (QED) is 0.801. The van der Waals surface area contributed by atoms with Crippen molar-refractivity contribution in [3.8, 4) is 0 Å². The van der Waals surface area contributed by atoms with Crippen LogP contribution in [0.3, 0.4) is 0 Å². The van der Waals surface area contributed by atoms with Crippen LogP contribution >= 0.6 is 0 Å². The number of hydrogen-bond acceptors (Lipinski definition) is 4. The zero-order valence-electron chi connectivity index (χ0n) is 10.1. The number of rotatable bonds is 4. The normalized spacial score (nSPS) is 12.1. The third-order valence-electron chi connectivity index (χ3n) is 2.67. The highest BCUT2D eigenvalue weighted by molar-refractivity contribution is 5.82. The smallest absolute Gasteiger partial charge is 0.241 e. The second-order valence-corrected chi connectivity index (χ2v) is 3.96. The van der Waals surface area contributed by atoms with Crippen molar-refractivity contribution in [2.24, 2.45) is 12.8 Å². The van der Waals surface area contributed by atoms with E-state index in [4.69, 9.17) is 5.73 Å². The van der Waals surface area contributed by atoms with Gasteiger partial charge in [-0.1, -0.05) is 30.3 Å². The Morgan fingerprint density at radius 2 is 2.17 bits per heavy atom. The Balaban J connectivity index is 1.95. The topological polar surface area (TPSA) is 85.8 Å². The van der Waals surface area contributed by atoms with Crippen molar-refractivity contribution in [3.63, 3.8) is 0 Å². The number of carbonyl (C=O) groups excluding carboxylic acids is 1. The zero-order valence-corrected chi connectivity index (χ0v) is 10.1. The summed E-state index contributed by atoms with van der Waals surface area (Å²) in [6, 6.07) is 8.57. The van der Waals surface area contributed by atoms with Gasteiger partial charge in [-0.25, -0.2) is 0 Å². The molecule has 6 nitrogen and oxygen atoms in total. The van der Waals surface area contributed by atoms with Gasteiger partial charge in [0.1, 0.15) is 12.4 Å². The van der Waals surface area contributed by atoms with Crippen LogP contribution in [-0.2, 0) is 18.4 Å². The maximum Gasteiger partial charge on any atom is 0.241 e. The molecule has 1 heterocycles. The first-order valence-corrected chi connectivity index (χ1v) is 5.59. The van der Waals surface area contributed by atoms with Gasteiger partial charge in [0, 0.05) is 7.05 Å². The molecule has 1 aromatic heterocycles. The summed E-state index contributed by atoms with van der Waals surface area (Å²) in [7, 11) is 1.82. The minimum Gasteiger partial charge on any atom is -0.347 e. The summed E-state index contributed by atoms with van der Waals surface area (Å²) in [5, 5.41) is 10.3. The summed E-state index contributed by atoms with van der Waals surface area (Å²) in [5.41, 5.74) is 6.65. The maximum absolute atomic E-state index is 11.9. The SMILES string of the molecule is Cn1cnnc1CNC(=O)C(N)c1ccccc1. The van der Waals surface area contributed by atoms with E-state index in [1.807, 2.05) is 37.4 Å². The summed E-state index contributed by atoms with van der Waals surface area (Å²) < 4.78 is 1.74. The van der Waals surface area contributed by atoms with E-state index in [1.54, 1.807) is 10.9 Å². The van der Waals surface area contributed by atoms with Crippen LogP contribution in [0.4, 0.5) is 0 Å². The van der Waals surface area contributed by atoms with Crippen molar-refractivity contribution >= 4 is 5.91 Å². The molecule has 1 amide bonds. The Morgan fingerprint density at radius 3 is 2.78 bits per heavy atom. The minimum atomic E-state index is -0.667. The van der Waals surface area contributed by atoms with Crippen LogP contribution in [0.1, 0.15) is 17.4 Å². The molecule has 2 aromatic rings. The molecule has 0 aliphatic carbocycles. The average Bonchev–Trinajstić information content (AvgIpc) is 2.81. The van der Waals surface area contributed by atoms with Crippen LogP contribution in [0.2, 0.25) is 0 Å². The van der Waals surface area contributed by atoms with E-state index >= 15 is 0 Å². The van der Waals surface area contributed by atoms with Crippen molar-refractivity contribution < 1.29 is 4.79 Å². The Labute approximate surface area is 105 Å². The molecule has 0 saturated heterocycles. The van der Waals surface area contributed by atoms with E-state index in [-0.39, 0.29) is 5.91 Å². The molecule has 0 radical (unpaired) electrons. The van der Waals surface area contributed by atoms with Gasteiger partial charge in [-0.2, -0.15) is 0 Å². The molecule has 0 aliphatic heterocycles. The number of aromatic nitrogens is 3. The maximum atomic E-state index is 11.9. The zero-order chi connectivity index (χ0) is 13.0. The molecule has 6 heteroatoms. The van der Waals surface area contributed by atoms with Crippen molar-refractivity contribution in [1.29, 1.82) is 0 Å². The van der Waals surface area contributed by atoms with Crippen LogP contribution in [0, 0.1) is 0 Å². The summed E-state index contributed by atoms with van der Waals surface area (Å²) in [6.45, 7) is 0.315. The van der Waals surface area contributed by atoms with Gasteiger partial charge in [-0.05, 0) is 5.56 Å². The standard InChI is InChI=1S/C12H15N5O/c1-17-8-15-16-10(17)7-14-12(18)11(13)9-5-3-2-4-6-9/h2-6,8,11H,7,13H2,1H3,(H,14,18). The highest BCUT2D eigenvalue weighted by Crippen LogP contribution is 2.09. The summed E-state index contributed by atoms with van der Waals surface area (Å²) in [5.74, 6) is 0.452. The van der Waals surface area contributed by atoms with Crippen LogP contribution in [0.5, 0.6) is 0 Å². The van der Waals surface area contributed by atoms with Gasteiger partial charge in [0.05, 0.1) is 6.54 Å². The Morgan fingerprint density at radius 1 is 1.44 bits per heavy atom. The lowest BCUT2D eigenvalue weighted by Gasteiger charge is -2.12. The number of nitrogens with one attached hydrogen (secondary N) is 1. The van der Waals surface area contributed by atoms with Gasteiger partial charge >= 0.3 is 0 Å². The lowest BCUT2D eigenvalue weighted by atomic mass is 10.1. The molecule has 0 fully saturated rings. The highest BCUT2D eigenvalue weighted by Gasteiger charge is 2.15. The van der Waals surface area contributed by atoms with Crippen molar-refractivity contribution in [2.75, 3.05) is 0 Å². The van der Waals surface area contributed by atoms with Crippen molar-refractivity contribution in [1.82, 2.24) is 20.1 Å². The molecule has 1 atom stereocenters. The monoisotopic (exact) mass is 245 g/mol. The van der Waals surface area contributed by atoms with Gasteiger partial charge in [0.15, 0.2) is 5.82 Å². The predicted octanol–water partition coefficient (Wildman–Crippen LogP) is 0.131. The molecule has 0 spiro atoms. The first-order valence-electron chi connectivity index (χ1n) is 5.59. The molecule has 3 N–H and O–H groups in total. The third-order valence-corrected chi connectivity index (χ3v) is 2.67. The molecule has 0 bridgehead atoms. The van der Waals surface area contributed by atoms with Gasteiger partial charge in [0.2, 0.25) is 5.91 Å². The van der Waals surface area contributed by atoms with E-state index in [1.165, 1.54) is 0 Å². The number of hydrogen-bond donors (Lipinski definition) is 2. The Hall–Kier alpha value is -2.21. The Kier molecular flexibility index (Phi) is 3.69. The largest absolute Gasteiger partial charge is 0.347 e. The fraction of sp³-hybridized carbons (Fsp3) is 0.250. The summed E-state index contributed by atoms with van der Waals surface area (Å²) >= 11 is 0. The molecule has 1 unspecified atom stereocenters. The highest BCUT2D eigenvalue weighted by atomic mass is 16.2. The molecular weight excluding hydrogens is 230 g/mol. The summed E-state index contributed by atoms with van der Waals surface area (Å²) in [4.78, 5) is 11.9. The lowest BCUT2D eigenvalue weighted by Crippen LogP contribution is -2.34. The number of aryl methyl sites for hydroxylation is 1. The van der Waals surface area contributed by atoms with Gasteiger partial charge in [-0.3, -0.25) is 4.79 Å². The first-order chi connectivity index (χ1) is 8.68. The fourth-order valence-corrected chi connectivity index (χ4v) is 1.56. The molecular formula is C12H15N5O. The number of nitrogens with two attached hydrogens (primary N) is 1. The van der Waals surface area contributed by atoms with Crippen LogP contribution < -0.4 is 11.1 Å². The van der Waals surface area contributed by atoms with Crippen molar-refractivity contribution in [2.45, 2.75) is 12.6 Å². The first kappa shape index (κ1) is 12.3. The minimum absolute atomic E-state index is 0.232. The Bertz CT molecular complexity index is 522. The van der Waals surface area contributed by atoms with Crippen molar-refractivity contribution in [3.05, 3.63) is 48.0 Å². The van der Waals surface area contributed by atoms with Crippen LogP contribution in [0.15, 0.2) is 36.7 Å². The van der Waals surface area contributed by atoms with E-state index in [9.17, 15) is 4.79 Å². The molecule has 0 saturated carbocycles. The number of carbonyl (C=O) groups is 1. The average molecular weight is 245 g/mol. The number of nitrogens with zero attached hydrogens (tertiary/aromatic N) is 3. The molecule has 0 aliphatic rings. The van der Waals surface area contributed by atoms with Gasteiger partial charge in [-0.15, -0.1) is 10.2 Å². The molecule has 94 valence electrons. The van der Waals surface area contributed by atoms with Crippen LogP contribution in [0.25, 0.3) is 0 Å². The second-order valence-electron chi connectivity index (χ2n) is 3.96. The molecule has 2 rings (SSSR count). The lowest BCUT2D eigenvalue weighted by molar-refractivity contribution is -0.122. The van der Waals surface area contributed by atoms with Crippen LogP contribution in [-0.4, -0.2) is 20.7 Å². The van der Waals surface area contributed by atoms with E-state index < -0.39 is 6.04 Å². The summed E-state index contributed by atoms with van der Waals surface area (Å²) in [6.07, 6.45) is 1.58. The third kappa shape index (κ3) is 2.72. The molecule has 18 heavy (non-hydrogen) atoms. The van der Waals surface area contributed by atoms with E-state index in [0.717, 1.165) is 5.56 Å². The van der Waals surface area contributed by atoms with E-state index in [2.05, 4.69) is 15.5 Å². The predicted molar refractivity (Wildman–Crippen MR) is 66.2 cm³/mol. The van der Waals surface area contributed by atoms with Gasteiger partial charge < -0.3 is 15.6 Å². The number of amides is 1. The fourth-order valence-electron chi connectivity index (χ4n) is 1.56. The number of benzene rings is 1.